The molecule has 1 unspecified atom stereocenters. The lowest BCUT2D eigenvalue weighted by Gasteiger charge is -2.31. The summed E-state index contributed by atoms with van der Waals surface area (Å²) in [6.45, 7) is 0.208. The Kier molecular flexibility index (Phi) is 5.96. The summed E-state index contributed by atoms with van der Waals surface area (Å²) in [5, 5.41) is 0. The molecule has 1 atom stereocenters. The van der Waals surface area contributed by atoms with Gasteiger partial charge in [0.25, 0.3) is 0 Å². The van der Waals surface area contributed by atoms with E-state index in [0.29, 0.717) is 17.3 Å². The summed E-state index contributed by atoms with van der Waals surface area (Å²) in [7, 11) is 0. The molecule has 0 N–H and O–H groups in total. The topological polar surface area (TPSA) is 43.4 Å². The van der Waals surface area contributed by atoms with Crippen molar-refractivity contribution >= 4 is 40.4 Å². The molecule has 0 heterocycles. The molecule has 0 saturated heterocycles. The molecule has 3 nitrogen and oxygen atoms in total. The molecule has 0 spiro atoms. The zero-order valence-electron chi connectivity index (χ0n) is 11.9. The largest absolute Gasteiger partial charge is 0.461 e. The van der Waals surface area contributed by atoms with Crippen molar-refractivity contribution in [1.29, 1.82) is 0 Å². The van der Waals surface area contributed by atoms with Gasteiger partial charge in [-0.3, -0.25) is 9.59 Å². The molecule has 4 heteroatoms. The van der Waals surface area contributed by atoms with Crippen LogP contribution in [0.25, 0.3) is 6.08 Å². The summed E-state index contributed by atoms with van der Waals surface area (Å²) in [6.07, 6.45) is 6.64. The van der Waals surface area contributed by atoms with Crippen LogP contribution in [0, 0.1) is 5.41 Å². The lowest BCUT2D eigenvalue weighted by molar-refractivity contribution is -0.159. The van der Waals surface area contributed by atoms with Crippen LogP contribution in [0.15, 0.2) is 36.4 Å². The number of Topliss-reactive ketones (excluding diaryl/α,β-unsaturated/α-hetero) is 1. The van der Waals surface area contributed by atoms with Crippen LogP contribution in [0.3, 0.4) is 0 Å². The average Bonchev–Trinajstić information content (AvgIpc) is 2.53. The van der Waals surface area contributed by atoms with Crippen LogP contribution in [-0.4, -0.2) is 22.8 Å². The van der Waals surface area contributed by atoms with Gasteiger partial charge < -0.3 is 4.74 Å². The molecule has 1 aromatic rings. The van der Waals surface area contributed by atoms with Crippen molar-refractivity contribution in [3.63, 3.8) is 0 Å². The summed E-state index contributed by atoms with van der Waals surface area (Å²) in [6, 6.07) is 9.83. The van der Waals surface area contributed by atoms with Gasteiger partial charge in [0.1, 0.15) is 12.0 Å². The average molecular weight is 398 g/mol. The van der Waals surface area contributed by atoms with Crippen LogP contribution in [0.2, 0.25) is 0 Å². The maximum absolute atomic E-state index is 12.3. The Bertz CT molecular complexity index is 524. The molecule has 0 radical (unpaired) electrons. The lowest BCUT2D eigenvalue weighted by atomic mass is 9.74. The van der Waals surface area contributed by atoms with Crippen molar-refractivity contribution in [2.75, 3.05) is 11.0 Å². The predicted molar refractivity (Wildman–Crippen MR) is 91.2 cm³/mol. The lowest BCUT2D eigenvalue weighted by Crippen LogP contribution is -2.44. The van der Waals surface area contributed by atoms with Crippen LogP contribution >= 0.6 is 22.6 Å². The number of alkyl halides is 1. The highest BCUT2D eigenvalue weighted by molar-refractivity contribution is 14.1. The fourth-order valence-electron chi connectivity index (χ4n) is 2.51. The SMILES string of the molecule is O=C1CCCCC1(CI)C(=O)OC/C=C/c1ccccc1. The standard InChI is InChI=1S/C17H19IO3/c18-13-17(11-5-4-10-15(17)19)16(20)21-12-6-9-14-7-2-1-3-8-14/h1-3,6-9H,4-5,10-13H2/b9-6+. The van der Waals surface area contributed by atoms with Crippen LogP contribution in [-0.2, 0) is 14.3 Å². The number of carbonyl (C=O) groups excluding carboxylic acids is 2. The van der Waals surface area contributed by atoms with E-state index in [4.69, 9.17) is 4.74 Å². The van der Waals surface area contributed by atoms with Gasteiger partial charge in [0.15, 0.2) is 5.78 Å². The van der Waals surface area contributed by atoms with Crippen LogP contribution in [0.4, 0.5) is 0 Å². The molecular weight excluding hydrogens is 379 g/mol. The van der Waals surface area contributed by atoms with E-state index in [1.807, 2.05) is 36.4 Å². The van der Waals surface area contributed by atoms with Gasteiger partial charge in [-0.1, -0.05) is 65.4 Å². The van der Waals surface area contributed by atoms with Crippen molar-refractivity contribution < 1.29 is 14.3 Å². The number of ketones is 1. The number of hydrogen-bond acceptors (Lipinski definition) is 3. The highest BCUT2D eigenvalue weighted by Gasteiger charge is 2.46. The van der Waals surface area contributed by atoms with E-state index in [1.54, 1.807) is 6.08 Å². The third-order valence-corrected chi connectivity index (χ3v) is 5.13. The first-order valence-electron chi connectivity index (χ1n) is 7.17. The fourth-order valence-corrected chi connectivity index (χ4v) is 3.63. The molecule has 1 aliphatic carbocycles. The molecule has 1 fully saturated rings. The minimum atomic E-state index is -0.903. The Labute approximate surface area is 138 Å². The Morgan fingerprint density at radius 1 is 1.29 bits per heavy atom. The number of hydrogen-bond donors (Lipinski definition) is 0. The Morgan fingerprint density at radius 2 is 2.05 bits per heavy atom. The zero-order valence-corrected chi connectivity index (χ0v) is 14.0. The summed E-state index contributed by atoms with van der Waals surface area (Å²) in [5.41, 5.74) is 0.158. The second kappa shape index (κ2) is 7.73. The Hall–Kier alpha value is -1.17. The minimum Gasteiger partial charge on any atom is -0.461 e. The van der Waals surface area contributed by atoms with E-state index in [9.17, 15) is 9.59 Å². The maximum Gasteiger partial charge on any atom is 0.320 e. The minimum absolute atomic E-state index is 0.0418. The Morgan fingerprint density at radius 3 is 2.71 bits per heavy atom. The number of halogens is 1. The number of esters is 1. The molecule has 112 valence electrons. The monoisotopic (exact) mass is 398 g/mol. The van der Waals surface area contributed by atoms with Gasteiger partial charge in [0.2, 0.25) is 0 Å². The van der Waals surface area contributed by atoms with Gasteiger partial charge in [-0.2, -0.15) is 0 Å². The predicted octanol–water partition coefficient (Wildman–Crippen LogP) is 3.81. The zero-order chi connectivity index (χ0) is 15.1. The van der Waals surface area contributed by atoms with E-state index in [1.165, 1.54) is 0 Å². The smallest absolute Gasteiger partial charge is 0.320 e. The molecule has 0 aliphatic heterocycles. The van der Waals surface area contributed by atoms with Gasteiger partial charge >= 0.3 is 5.97 Å². The van der Waals surface area contributed by atoms with E-state index in [0.717, 1.165) is 18.4 Å². The van der Waals surface area contributed by atoms with Crippen LogP contribution < -0.4 is 0 Å². The summed E-state index contributed by atoms with van der Waals surface area (Å²) < 4.78 is 5.82. The summed E-state index contributed by atoms with van der Waals surface area (Å²) in [4.78, 5) is 24.4. The highest BCUT2D eigenvalue weighted by Crippen LogP contribution is 2.36. The molecule has 1 aliphatic rings. The number of ether oxygens (including phenoxy) is 1. The second-order valence-corrected chi connectivity index (χ2v) is 6.02. The highest BCUT2D eigenvalue weighted by atomic mass is 127. The van der Waals surface area contributed by atoms with E-state index in [-0.39, 0.29) is 18.4 Å². The molecule has 0 bridgehead atoms. The fraction of sp³-hybridized carbons (Fsp3) is 0.412. The van der Waals surface area contributed by atoms with Crippen molar-refractivity contribution in [3.8, 4) is 0 Å². The van der Waals surface area contributed by atoms with E-state index < -0.39 is 5.41 Å². The van der Waals surface area contributed by atoms with Crippen molar-refractivity contribution in [2.45, 2.75) is 25.7 Å². The third kappa shape index (κ3) is 3.93. The normalized spacial score (nSPS) is 22.4. The number of rotatable bonds is 5. The second-order valence-electron chi connectivity index (χ2n) is 5.26. The van der Waals surface area contributed by atoms with Gasteiger partial charge in [0.05, 0.1) is 0 Å². The number of benzene rings is 1. The maximum atomic E-state index is 12.3. The molecule has 1 saturated carbocycles. The summed E-state index contributed by atoms with van der Waals surface area (Å²) >= 11 is 2.12. The van der Waals surface area contributed by atoms with Gasteiger partial charge in [-0.05, 0) is 24.5 Å². The van der Waals surface area contributed by atoms with Gasteiger partial charge in [-0.15, -0.1) is 0 Å². The van der Waals surface area contributed by atoms with Crippen molar-refractivity contribution in [3.05, 3.63) is 42.0 Å². The number of carbonyl (C=O) groups is 2. The third-order valence-electron chi connectivity index (χ3n) is 3.83. The van der Waals surface area contributed by atoms with Crippen molar-refractivity contribution in [2.24, 2.45) is 5.41 Å². The Balaban J connectivity index is 1.91. The molecule has 21 heavy (non-hydrogen) atoms. The molecule has 2 rings (SSSR count). The van der Waals surface area contributed by atoms with Crippen molar-refractivity contribution in [1.82, 2.24) is 0 Å². The molecule has 0 amide bonds. The quantitative estimate of drug-likeness (QED) is 0.328. The first-order chi connectivity index (χ1) is 10.2. The first-order valence-corrected chi connectivity index (χ1v) is 8.70. The molecule has 1 aromatic carbocycles. The van der Waals surface area contributed by atoms with Gasteiger partial charge in [0, 0.05) is 10.8 Å². The first kappa shape index (κ1) is 16.2. The van der Waals surface area contributed by atoms with E-state index in [2.05, 4.69) is 22.6 Å². The summed E-state index contributed by atoms with van der Waals surface area (Å²) in [5.74, 6) is -0.320. The van der Waals surface area contributed by atoms with Crippen LogP contribution in [0.1, 0.15) is 31.2 Å². The van der Waals surface area contributed by atoms with Crippen LogP contribution in [0.5, 0.6) is 0 Å². The van der Waals surface area contributed by atoms with Gasteiger partial charge in [-0.25, -0.2) is 0 Å². The van der Waals surface area contributed by atoms with E-state index >= 15 is 0 Å². The molecule has 0 aromatic heterocycles. The molecular formula is C17H19IO3.